The van der Waals surface area contributed by atoms with Gasteiger partial charge in [0, 0.05) is 38.9 Å². The van der Waals surface area contributed by atoms with E-state index in [1.54, 1.807) is 0 Å². The second-order valence-corrected chi connectivity index (χ2v) is 7.25. The maximum atomic E-state index is 11.6. The number of alkyl carbamates (subject to hydrolysis) is 1. The zero-order valence-corrected chi connectivity index (χ0v) is 18.1. The van der Waals surface area contributed by atoms with E-state index in [1.165, 1.54) is 0 Å². The van der Waals surface area contributed by atoms with Crippen LogP contribution in [-0.4, -0.2) is 55.4 Å². The van der Waals surface area contributed by atoms with Gasteiger partial charge < -0.3 is 25.6 Å². The first-order valence-corrected chi connectivity index (χ1v) is 9.97. The normalized spacial score (nSPS) is 11.7. The summed E-state index contributed by atoms with van der Waals surface area (Å²) in [5.74, 6) is 1.68. The first kappa shape index (κ1) is 23.5. The van der Waals surface area contributed by atoms with Crippen LogP contribution in [-0.2, 0) is 11.3 Å². The molecule has 0 unspecified atom stereocenters. The molecule has 158 valence electrons. The summed E-state index contributed by atoms with van der Waals surface area (Å²) in [5, 5.41) is 9.11. The van der Waals surface area contributed by atoms with Gasteiger partial charge >= 0.3 is 6.09 Å². The summed E-state index contributed by atoms with van der Waals surface area (Å²) < 4.78 is 5.21. The number of rotatable bonds is 9. The summed E-state index contributed by atoms with van der Waals surface area (Å²) in [4.78, 5) is 22.9. The number of amides is 1. The van der Waals surface area contributed by atoms with E-state index >= 15 is 0 Å². The highest BCUT2D eigenvalue weighted by molar-refractivity contribution is 5.79. The van der Waals surface area contributed by atoms with Crippen molar-refractivity contribution in [1.29, 1.82) is 0 Å². The van der Waals surface area contributed by atoms with Crippen molar-refractivity contribution in [2.24, 2.45) is 4.99 Å². The Balaban J connectivity index is 2.50. The highest BCUT2D eigenvalue weighted by atomic mass is 16.6. The van der Waals surface area contributed by atoms with Gasteiger partial charge in [0.15, 0.2) is 5.96 Å². The summed E-state index contributed by atoms with van der Waals surface area (Å²) in [5.41, 5.74) is 0.544. The van der Waals surface area contributed by atoms with Gasteiger partial charge in [-0.1, -0.05) is 6.07 Å². The number of aromatic nitrogens is 1. The number of nitrogens with one attached hydrogen (secondary N) is 3. The lowest BCUT2D eigenvalue weighted by Gasteiger charge is -2.20. The quantitative estimate of drug-likeness (QED) is 0.340. The minimum Gasteiger partial charge on any atom is -0.444 e. The van der Waals surface area contributed by atoms with E-state index in [0.29, 0.717) is 25.6 Å². The van der Waals surface area contributed by atoms with E-state index in [1.807, 2.05) is 40.0 Å². The zero-order valence-electron chi connectivity index (χ0n) is 18.1. The van der Waals surface area contributed by atoms with Crippen LogP contribution in [0.4, 0.5) is 10.6 Å². The number of carbonyl (C=O) groups is 1. The van der Waals surface area contributed by atoms with Gasteiger partial charge in [-0.3, -0.25) is 0 Å². The molecule has 1 heterocycles. The third-order valence-corrected chi connectivity index (χ3v) is 3.75. The van der Waals surface area contributed by atoms with Gasteiger partial charge in [0.1, 0.15) is 11.4 Å². The fourth-order valence-electron chi connectivity index (χ4n) is 2.42. The van der Waals surface area contributed by atoms with E-state index in [9.17, 15) is 4.79 Å². The molecule has 8 heteroatoms. The van der Waals surface area contributed by atoms with E-state index in [0.717, 1.165) is 31.0 Å². The van der Waals surface area contributed by atoms with Crippen LogP contribution in [0, 0.1) is 0 Å². The van der Waals surface area contributed by atoms with Crippen molar-refractivity contribution in [2.75, 3.05) is 37.6 Å². The Morgan fingerprint density at radius 1 is 1.11 bits per heavy atom. The molecule has 0 aliphatic rings. The Bertz CT molecular complexity index is 606. The van der Waals surface area contributed by atoms with Crippen molar-refractivity contribution in [3.8, 4) is 0 Å². The van der Waals surface area contributed by atoms with Gasteiger partial charge in [0.05, 0.1) is 6.54 Å². The minimum atomic E-state index is -0.497. The highest BCUT2D eigenvalue weighted by Crippen LogP contribution is 2.11. The molecule has 0 aliphatic heterocycles. The van der Waals surface area contributed by atoms with Crippen LogP contribution in [0.2, 0.25) is 0 Å². The number of hydrogen-bond acceptors (Lipinski definition) is 5. The van der Waals surface area contributed by atoms with Gasteiger partial charge in [-0.2, -0.15) is 0 Å². The molecular weight excluding hydrogens is 356 g/mol. The predicted octanol–water partition coefficient (Wildman–Crippen LogP) is 2.51. The maximum Gasteiger partial charge on any atom is 0.407 e. The van der Waals surface area contributed by atoms with Gasteiger partial charge in [-0.15, -0.1) is 0 Å². The molecule has 0 aliphatic carbocycles. The third kappa shape index (κ3) is 9.43. The van der Waals surface area contributed by atoms with Crippen LogP contribution < -0.4 is 20.9 Å². The molecule has 8 nitrogen and oxygen atoms in total. The van der Waals surface area contributed by atoms with E-state index in [-0.39, 0.29) is 0 Å². The van der Waals surface area contributed by atoms with E-state index < -0.39 is 11.7 Å². The second-order valence-electron chi connectivity index (χ2n) is 7.25. The van der Waals surface area contributed by atoms with Crippen molar-refractivity contribution in [3.63, 3.8) is 0 Å². The van der Waals surface area contributed by atoms with Crippen LogP contribution in [0.3, 0.4) is 0 Å². The first-order valence-electron chi connectivity index (χ1n) is 9.97. The number of guanidine groups is 1. The topological polar surface area (TPSA) is 90.9 Å². The number of anilines is 1. The first-order chi connectivity index (χ1) is 13.3. The van der Waals surface area contributed by atoms with Crippen molar-refractivity contribution in [1.82, 2.24) is 20.9 Å². The smallest absolute Gasteiger partial charge is 0.407 e. The summed E-state index contributed by atoms with van der Waals surface area (Å²) in [6.45, 7) is 15.9. The monoisotopic (exact) mass is 392 g/mol. The molecule has 0 aromatic carbocycles. The number of pyridine rings is 1. The molecule has 3 N–H and O–H groups in total. The second kappa shape index (κ2) is 12.0. The Morgan fingerprint density at radius 2 is 1.79 bits per heavy atom. The molecular formula is C20H36N6O2. The molecule has 1 aromatic heterocycles. The van der Waals surface area contributed by atoms with Crippen molar-refractivity contribution >= 4 is 17.9 Å². The molecule has 0 atom stereocenters. The third-order valence-electron chi connectivity index (χ3n) is 3.75. The number of ether oxygens (including phenoxy) is 1. The standard InChI is InChI=1S/C20H36N6O2/c1-7-21-18(22-12-13-23-19(27)28-20(4,5)6)25-15-16-10-11-17(24-14-16)26(8-2)9-3/h10-11,14H,7-9,12-13,15H2,1-6H3,(H,23,27)(H2,21,22,25). The molecule has 0 saturated heterocycles. The average molecular weight is 393 g/mol. The Morgan fingerprint density at radius 3 is 2.32 bits per heavy atom. The maximum absolute atomic E-state index is 11.6. The van der Waals surface area contributed by atoms with Crippen molar-refractivity contribution in [3.05, 3.63) is 23.9 Å². The van der Waals surface area contributed by atoms with Crippen molar-refractivity contribution in [2.45, 2.75) is 53.7 Å². The summed E-state index contributed by atoms with van der Waals surface area (Å²) in [6, 6.07) is 4.08. The molecule has 0 radical (unpaired) electrons. The van der Waals surface area contributed by atoms with Crippen LogP contribution >= 0.6 is 0 Å². The molecule has 1 rings (SSSR count). The molecule has 1 amide bonds. The number of hydrogen-bond donors (Lipinski definition) is 3. The lowest BCUT2D eigenvalue weighted by atomic mass is 10.2. The lowest BCUT2D eigenvalue weighted by Crippen LogP contribution is -2.42. The average Bonchev–Trinajstić information content (AvgIpc) is 2.63. The summed E-state index contributed by atoms with van der Waals surface area (Å²) in [7, 11) is 0. The van der Waals surface area contributed by atoms with Gasteiger partial charge in [-0.25, -0.2) is 14.8 Å². The molecule has 1 aromatic rings. The zero-order chi connectivity index (χ0) is 21.0. The predicted molar refractivity (Wildman–Crippen MR) is 115 cm³/mol. The van der Waals surface area contributed by atoms with E-state index in [4.69, 9.17) is 4.74 Å². The van der Waals surface area contributed by atoms with Crippen LogP contribution in [0.25, 0.3) is 0 Å². The van der Waals surface area contributed by atoms with Crippen LogP contribution in [0.15, 0.2) is 23.3 Å². The molecule has 0 spiro atoms. The summed E-state index contributed by atoms with van der Waals surface area (Å²) >= 11 is 0. The van der Waals surface area contributed by atoms with Crippen LogP contribution in [0.1, 0.15) is 47.1 Å². The molecule has 28 heavy (non-hydrogen) atoms. The fraction of sp³-hybridized carbons (Fsp3) is 0.650. The minimum absolute atomic E-state index is 0.421. The molecule has 0 bridgehead atoms. The van der Waals surface area contributed by atoms with Crippen molar-refractivity contribution < 1.29 is 9.53 Å². The van der Waals surface area contributed by atoms with Crippen LogP contribution in [0.5, 0.6) is 0 Å². The lowest BCUT2D eigenvalue weighted by molar-refractivity contribution is 0.0529. The molecule has 0 saturated carbocycles. The summed E-state index contributed by atoms with van der Waals surface area (Å²) in [6.07, 6.45) is 1.45. The number of nitrogens with zero attached hydrogens (tertiary/aromatic N) is 3. The number of carbonyl (C=O) groups excluding carboxylic acids is 1. The van der Waals surface area contributed by atoms with E-state index in [2.05, 4.69) is 50.7 Å². The fourth-order valence-corrected chi connectivity index (χ4v) is 2.42. The highest BCUT2D eigenvalue weighted by Gasteiger charge is 2.15. The Kier molecular flexibility index (Phi) is 10.1. The Labute approximate surface area is 169 Å². The SMILES string of the molecule is CCNC(=NCc1ccc(N(CC)CC)nc1)NCCNC(=O)OC(C)(C)C. The van der Waals surface area contributed by atoms with Gasteiger partial charge in [0.2, 0.25) is 0 Å². The Hall–Kier alpha value is -2.51. The molecule has 0 fully saturated rings. The van der Waals surface area contributed by atoms with Gasteiger partial charge in [-0.05, 0) is 53.2 Å². The number of aliphatic imine (C=N–C) groups is 1. The van der Waals surface area contributed by atoms with Gasteiger partial charge in [0.25, 0.3) is 0 Å². The largest absolute Gasteiger partial charge is 0.444 e.